The highest BCUT2D eigenvalue weighted by molar-refractivity contribution is 6.70. The Kier molecular flexibility index (Phi) is 2.99. The molecule has 0 unspecified atom stereocenters. The number of rotatable bonds is 3. The van der Waals surface area contributed by atoms with Gasteiger partial charge in [-0.1, -0.05) is 0 Å². The fraction of sp³-hybridized carbons (Fsp3) is 0.462. The molecular weight excluding hydrogens is 232 g/mol. The zero-order valence-corrected chi connectivity index (χ0v) is 11.8. The van der Waals surface area contributed by atoms with Crippen LogP contribution in [0.5, 0.6) is 11.5 Å². The summed E-state index contributed by atoms with van der Waals surface area (Å²) >= 11 is 0. The third-order valence-corrected chi connectivity index (χ3v) is 3.57. The monoisotopic (exact) mass is 250 g/mol. The maximum Gasteiger partial charge on any atom is 0.242 e. The summed E-state index contributed by atoms with van der Waals surface area (Å²) in [7, 11) is -0.0673. The Balaban J connectivity index is 2.51. The van der Waals surface area contributed by atoms with Gasteiger partial charge in [0.1, 0.15) is 0 Å². The maximum absolute atomic E-state index is 11.7. The number of ether oxygens (including phenoxy) is 1. The Morgan fingerprint density at radius 2 is 1.88 bits per heavy atom. The molecular formula is C13H18O3Si. The summed E-state index contributed by atoms with van der Waals surface area (Å²) in [5.74, 6) is 1.74. The van der Waals surface area contributed by atoms with Gasteiger partial charge < -0.3 is 9.16 Å². The number of fused-ring (bicyclic) bond motifs is 1. The predicted octanol–water partition coefficient (Wildman–Crippen LogP) is 3.04. The maximum atomic E-state index is 11.7. The first-order valence-electron chi connectivity index (χ1n) is 5.84. The van der Waals surface area contributed by atoms with Crippen LogP contribution in [0.25, 0.3) is 0 Å². The molecule has 1 aliphatic carbocycles. The predicted molar refractivity (Wildman–Crippen MR) is 69.6 cm³/mol. The van der Waals surface area contributed by atoms with Crippen LogP contribution in [0.3, 0.4) is 0 Å². The van der Waals surface area contributed by atoms with Gasteiger partial charge in [0, 0.05) is 17.5 Å². The molecule has 0 heterocycles. The molecule has 3 nitrogen and oxygen atoms in total. The standard InChI is InChI=1S/C13H18O3Si/c1-15-12-8-6-9-10(5-7-11(9)14)13(12)16-17(2,3)4/h6,8H,5,7H2,1-4H3. The number of benzene rings is 1. The summed E-state index contributed by atoms with van der Waals surface area (Å²) in [6.07, 6.45) is 1.36. The van der Waals surface area contributed by atoms with E-state index in [1.54, 1.807) is 7.11 Å². The largest absolute Gasteiger partial charge is 0.542 e. The first-order valence-corrected chi connectivity index (χ1v) is 9.25. The fourth-order valence-electron chi connectivity index (χ4n) is 2.07. The van der Waals surface area contributed by atoms with Gasteiger partial charge in [-0.2, -0.15) is 0 Å². The van der Waals surface area contributed by atoms with Gasteiger partial charge in [-0.15, -0.1) is 0 Å². The van der Waals surface area contributed by atoms with Crippen LogP contribution in [0.2, 0.25) is 19.6 Å². The van der Waals surface area contributed by atoms with Gasteiger partial charge >= 0.3 is 0 Å². The first-order chi connectivity index (χ1) is 7.92. The highest BCUT2D eigenvalue weighted by Gasteiger charge is 2.28. The average molecular weight is 250 g/mol. The van der Waals surface area contributed by atoms with E-state index in [-0.39, 0.29) is 5.78 Å². The Morgan fingerprint density at radius 1 is 1.18 bits per heavy atom. The molecule has 0 fully saturated rings. The number of carbonyl (C=O) groups excluding carboxylic acids is 1. The molecule has 0 radical (unpaired) electrons. The Morgan fingerprint density at radius 3 is 2.47 bits per heavy atom. The van der Waals surface area contributed by atoms with Gasteiger partial charge in [-0.3, -0.25) is 4.79 Å². The van der Waals surface area contributed by atoms with E-state index in [2.05, 4.69) is 19.6 Å². The summed E-state index contributed by atoms with van der Waals surface area (Å²) in [5, 5.41) is 0. The van der Waals surface area contributed by atoms with Gasteiger partial charge in [0.2, 0.25) is 8.32 Å². The summed E-state index contributed by atoms with van der Waals surface area (Å²) in [5.41, 5.74) is 1.83. The zero-order chi connectivity index (χ0) is 12.6. The Hall–Kier alpha value is -1.29. The molecule has 2 rings (SSSR count). The third-order valence-electron chi connectivity index (χ3n) is 2.76. The summed E-state index contributed by atoms with van der Waals surface area (Å²) in [6, 6.07) is 3.68. The van der Waals surface area contributed by atoms with E-state index in [4.69, 9.17) is 9.16 Å². The van der Waals surface area contributed by atoms with E-state index in [1.165, 1.54) is 0 Å². The van der Waals surface area contributed by atoms with E-state index in [9.17, 15) is 4.79 Å². The van der Waals surface area contributed by atoms with Crippen molar-refractivity contribution in [2.75, 3.05) is 7.11 Å². The molecule has 0 N–H and O–H groups in total. The van der Waals surface area contributed by atoms with Gasteiger partial charge in [-0.05, 0) is 38.2 Å². The molecule has 0 spiro atoms. The minimum atomic E-state index is -1.70. The second-order valence-corrected chi connectivity index (χ2v) is 9.69. The van der Waals surface area contributed by atoms with Crippen molar-refractivity contribution < 1.29 is 14.0 Å². The molecule has 17 heavy (non-hydrogen) atoms. The van der Waals surface area contributed by atoms with E-state index in [0.717, 1.165) is 29.0 Å². The van der Waals surface area contributed by atoms with Crippen molar-refractivity contribution in [3.8, 4) is 11.5 Å². The molecule has 1 aliphatic rings. The van der Waals surface area contributed by atoms with Crippen LogP contribution in [0, 0.1) is 0 Å². The van der Waals surface area contributed by atoms with Crippen molar-refractivity contribution in [3.63, 3.8) is 0 Å². The van der Waals surface area contributed by atoms with E-state index >= 15 is 0 Å². The Labute approximate surface area is 103 Å². The minimum Gasteiger partial charge on any atom is -0.542 e. The van der Waals surface area contributed by atoms with Crippen molar-refractivity contribution in [3.05, 3.63) is 23.3 Å². The highest BCUT2D eigenvalue weighted by Crippen LogP contribution is 2.39. The lowest BCUT2D eigenvalue weighted by Gasteiger charge is -2.23. The summed E-state index contributed by atoms with van der Waals surface area (Å²) < 4.78 is 11.4. The van der Waals surface area contributed by atoms with Crippen molar-refractivity contribution in [1.29, 1.82) is 0 Å². The topological polar surface area (TPSA) is 35.5 Å². The highest BCUT2D eigenvalue weighted by atomic mass is 28.4. The number of Topliss-reactive ketones (excluding diaryl/α,β-unsaturated/α-hetero) is 1. The summed E-state index contributed by atoms with van der Waals surface area (Å²) in [4.78, 5) is 11.7. The molecule has 0 atom stereocenters. The van der Waals surface area contributed by atoms with Crippen LogP contribution in [0.1, 0.15) is 22.3 Å². The lowest BCUT2D eigenvalue weighted by atomic mass is 10.1. The van der Waals surface area contributed by atoms with Crippen LogP contribution < -0.4 is 9.16 Å². The average Bonchev–Trinajstić information content (AvgIpc) is 2.59. The molecule has 1 aromatic carbocycles. The molecule has 0 saturated heterocycles. The molecule has 0 saturated carbocycles. The number of ketones is 1. The molecule has 0 bridgehead atoms. The van der Waals surface area contributed by atoms with Crippen molar-refractivity contribution >= 4 is 14.1 Å². The lowest BCUT2D eigenvalue weighted by Crippen LogP contribution is -2.30. The second-order valence-electron chi connectivity index (χ2n) is 5.26. The lowest BCUT2D eigenvalue weighted by molar-refractivity contribution is 0.0994. The number of carbonyl (C=O) groups is 1. The van der Waals surface area contributed by atoms with Crippen molar-refractivity contribution in [2.45, 2.75) is 32.5 Å². The summed E-state index contributed by atoms with van der Waals surface area (Å²) in [6.45, 7) is 6.38. The van der Waals surface area contributed by atoms with Crippen LogP contribution in [-0.2, 0) is 6.42 Å². The number of methoxy groups -OCH3 is 1. The van der Waals surface area contributed by atoms with Crippen molar-refractivity contribution in [1.82, 2.24) is 0 Å². The van der Waals surface area contributed by atoms with E-state index in [0.29, 0.717) is 6.42 Å². The van der Waals surface area contributed by atoms with Gasteiger partial charge in [-0.25, -0.2) is 0 Å². The SMILES string of the molecule is COc1ccc2c(c1O[Si](C)(C)C)CCC2=O. The second kappa shape index (κ2) is 4.18. The normalized spacial score (nSPS) is 14.7. The van der Waals surface area contributed by atoms with E-state index in [1.807, 2.05) is 12.1 Å². The Bertz CT molecular complexity index is 460. The van der Waals surface area contributed by atoms with Gasteiger partial charge in [0.15, 0.2) is 17.3 Å². The van der Waals surface area contributed by atoms with E-state index < -0.39 is 8.32 Å². The van der Waals surface area contributed by atoms with Crippen molar-refractivity contribution in [2.24, 2.45) is 0 Å². The fourth-order valence-corrected chi connectivity index (χ4v) is 2.90. The molecule has 0 amide bonds. The van der Waals surface area contributed by atoms with Crippen LogP contribution in [0.15, 0.2) is 12.1 Å². The molecule has 0 aliphatic heterocycles. The van der Waals surface area contributed by atoms with Crippen LogP contribution in [-0.4, -0.2) is 21.2 Å². The number of hydrogen-bond acceptors (Lipinski definition) is 3. The molecule has 0 aromatic heterocycles. The third kappa shape index (κ3) is 2.36. The minimum absolute atomic E-state index is 0.211. The molecule has 92 valence electrons. The quantitative estimate of drug-likeness (QED) is 0.773. The first kappa shape index (κ1) is 12.2. The van der Waals surface area contributed by atoms with Crippen LogP contribution in [0.4, 0.5) is 0 Å². The molecule has 1 aromatic rings. The smallest absolute Gasteiger partial charge is 0.242 e. The van der Waals surface area contributed by atoms with Gasteiger partial charge in [0.25, 0.3) is 0 Å². The van der Waals surface area contributed by atoms with Gasteiger partial charge in [0.05, 0.1) is 7.11 Å². The molecule has 4 heteroatoms. The zero-order valence-electron chi connectivity index (χ0n) is 10.8. The van der Waals surface area contributed by atoms with Crippen LogP contribution >= 0.6 is 0 Å². The number of hydrogen-bond donors (Lipinski definition) is 0.